The number of nitrogens with one attached hydrogen (secondary N) is 2. The van der Waals surface area contributed by atoms with Gasteiger partial charge < -0.3 is 11.5 Å². The topological polar surface area (TPSA) is 47.6 Å². The minimum atomic E-state index is -0.607. The first-order valence-corrected chi connectivity index (χ1v) is 28.0. The van der Waals surface area contributed by atoms with Crippen molar-refractivity contribution in [3.05, 3.63) is 228 Å². The molecule has 2 aliphatic carbocycles. The van der Waals surface area contributed by atoms with Crippen LogP contribution in [0.2, 0.25) is 36.8 Å². The van der Waals surface area contributed by atoms with Gasteiger partial charge in [0.15, 0.2) is 0 Å². The molecule has 344 valence electrons. The van der Waals surface area contributed by atoms with Crippen molar-refractivity contribution in [2.24, 2.45) is 0 Å². The first-order chi connectivity index (χ1) is 28.4. The molecule has 0 spiro atoms. The summed E-state index contributed by atoms with van der Waals surface area (Å²) in [4.78, 5) is 0. The van der Waals surface area contributed by atoms with Crippen LogP contribution in [0.5, 0.6) is 0 Å². The second kappa shape index (κ2) is 34.7. The van der Waals surface area contributed by atoms with Crippen LogP contribution in [-0.2, 0) is 52.4 Å². The summed E-state index contributed by atoms with van der Waals surface area (Å²) >= 11 is 0. The van der Waals surface area contributed by atoms with Gasteiger partial charge >= 0.3 is 52.4 Å². The number of hydrogen-bond donors (Lipinski definition) is 0. The van der Waals surface area contributed by atoms with E-state index in [0.717, 1.165) is 27.8 Å². The van der Waals surface area contributed by atoms with Crippen LogP contribution in [0.3, 0.4) is 0 Å². The van der Waals surface area contributed by atoms with Crippen LogP contribution in [0.4, 0.5) is 0 Å². The van der Waals surface area contributed by atoms with Gasteiger partial charge in [0, 0.05) is 17.6 Å². The molecule has 0 bridgehead atoms. The Morgan fingerprint density at radius 1 is 0.453 bits per heavy atom. The average Bonchev–Trinajstić information content (AvgIpc) is 3.50. The zero-order chi connectivity index (χ0) is 48.4. The van der Waals surface area contributed by atoms with Gasteiger partial charge in [-0.25, -0.2) is 0 Å². The SMILES string of the molecule is CC(C)(C)[NH-].CC(C)(C)[NH-].CC1=C(C)C([SiH](C)C)C(C)=C1C.CC1=CC(C)([SiH](C)C)C(C)=C1C.[CH2-]c1ccccc1.[CH2-]c1ccccc1.[CH2-]c1ccccc1.[CH2-]c1ccccc1.[Zr+4].[Zr+4]. The standard InChI is InChI=1S/2C11H20Si.4C7H7.2C4H10N.2Zr/c1-8-7-11(4,12(5)6)10(3)9(8)2;1-7-8(2)10(4)11(9(7)3)12(5)6;4*1-7-5-3-2-4-6-7;2*1-4(2,3)5;;/h7,12H,1-6H3;11-12H,1-6H3;4*2-6H,1H2;2*5H,1-3H3;;/q;;6*-1;2*+4. The predicted octanol–water partition coefficient (Wildman–Crippen LogP) is 18.2. The van der Waals surface area contributed by atoms with Crippen LogP contribution in [0.15, 0.2) is 166 Å². The molecule has 64 heavy (non-hydrogen) atoms. The molecule has 0 aliphatic heterocycles. The van der Waals surface area contributed by atoms with Gasteiger partial charge in [0.25, 0.3) is 0 Å². The van der Waals surface area contributed by atoms with E-state index in [4.69, 9.17) is 11.5 Å². The minimum absolute atomic E-state index is 0. The number of hydrogen-bond acceptors (Lipinski definition) is 0. The fraction of sp³-hybridized carbons (Fsp3) is 0.379. The quantitative estimate of drug-likeness (QED) is 0.142. The molecule has 0 saturated heterocycles. The Morgan fingerprint density at radius 2 is 0.672 bits per heavy atom. The van der Waals surface area contributed by atoms with Gasteiger partial charge in [0.05, 0.1) is 0 Å². The van der Waals surface area contributed by atoms with Gasteiger partial charge in [-0.15, -0.1) is 59.6 Å². The molecule has 1 unspecified atom stereocenters. The molecule has 0 heterocycles. The Bertz CT molecular complexity index is 1720. The maximum Gasteiger partial charge on any atom is 4.00 e. The summed E-state index contributed by atoms with van der Waals surface area (Å²) in [6.45, 7) is 54.1. The number of benzene rings is 4. The molecule has 0 aromatic heterocycles. The molecule has 2 N–H and O–H groups in total. The Morgan fingerprint density at radius 3 is 0.766 bits per heavy atom. The summed E-state index contributed by atoms with van der Waals surface area (Å²) in [6, 6.07) is 39.5. The molecule has 0 radical (unpaired) electrons. The Hall–Kier alpha value is -2.56. The van der Waals surface area contributed by atoms with Crippen LogP contribution >= 0.6 is 0 Å². The summed E-state index contributed by atoms with van der Waals surface area (Å²) in [7, 11) is -1.14. The second-order valence-electron chi connectivity index (χ2n) is 19.3. The van der Waals surface area contributed by atoms with Gasteiger partial charge in [0.2, 0.25) is 0 Å². The molecular weight excluding hydrogens is 963 g/mol. The van der Waals surface area contributed by atoms with Crippen molar-refractivity contribution in [3.63, 3.8) is 0 Å². The molecule has 2 aliphatic rings. The van der Waals surface area contributed by atoms with Gasteiger partial charge in [-0.1, -0.05) is 127 Å². The van der Waals surface area contributed by atoms with Crippen molar-refractivity contribution in [2.45, 2.75) is 145 Å². The van der Waals surface area contributed by atoms with E-state index in [9.17, 15) is 0 Å². The minimum Gasteiger partial charge on any atom is -0.673 e. The average molecular weight is 1050 g/mol. The molecule has 6 rings (SSSR count). The largest absolute Gasteiger partial charge is 4.00 e. The Labute approximate surface area is 438 Å². The van der Waals surface area contributed by atoms with E-state index < -0.39 is 17.6 Å². The zero-order valence-electron chi connectivity index (χ0n) is 43.7. The summed E-state index contributed by atoms with van der Waals surface area (Å²) in [5.74, 6) is 0. The summed E-state index contributed by atoms with van der Waals surface area (Å²) in [6.07, 6.45) is 2.48. The first kappa shape index (κ1) is 68.0. The third-order valence-corrected chi connectivity index (χ3v) is 15.7. The van der Waals surface area contributed by atoms with Crippen molar-refractivity contribution in [1.29, 1.82) is 0 Å². The molecule has 1 atom stereocenters. The smallest absolute Gasteiger partial charge is 0.673 e. The Balaban J connectivity index is -0.000000327. The fourth-order valence-electron chi connectivity index (χ4n) is 6.26. The van der Waals surface area contributed by atoms with E-state index >= 15 is 0 Å². The molecule has 2 nitrogen and oxygen atoms in total. The third kappa shape index (κ3) is 33.0. The molecular formula is C58H88N2Si2Zr2+2. The van der Waals surface area contributed by atoms with Crippen LogP contribution in [0.25, 0.3) is 11.5 Å². The molecule has 6 heteroatoms. The third-order valence-electron chi connectivity index (χ3n) is 10.4. The van der Waals surface area contributed by atoms with E-state index in [1.165, 1.54) is 11.1 Å². The van der Waals surface area contributed by atoms with Crippen LogP contribution in [0.1, 0.15) is 119 Å². The fourth-order valence-corrected chi connectivity index (χ4v) is 10.4. The van der Waals surface area contributed by atoms with Crippen molar-refractivity contribution in [1.82, 2.24) is 0 Å². The van der Waals surface area contributed by atoms with Crippen LogP contribution in [0, 0.1) is 27.7 Å². The normalized spacial score (nSPS) is 15.1. The van der Waals surface area contributed by atoms with Gasteiger partial charge in [-0.05, 0) is 75.8 Å². The summed E-state index contributed by atoms with van der Waals surface area (Å²) in [5, 5.41) is 0.453. The summed E-state index contributed by atoms with van der Waals surface area (Å²) in [5.41, 5.74) is 29.5. The number of allylic oxidation sites excluding steroid dienone is 8. The van der Waals surface area contributed by atoms with Gasteiger partial charge in [-0.3, -0.25) is 0 Å². The van der Waals surface area contributed by atoms with E-state index in [0.29, 0.717) is 5.04 Å². The zero-order valence-corrected chi connectivity index (χ0v) is 50.9. The molecule has 0 amide bonds. The first-order valence-electron chi connectivity index (χ1n) is 22.1. The molecule has 4 aromatic rings. The molecule has 0 saturated carbocycles. The van der Waals surface area contributed by atoms with Crippen molar-refractivity contribution in [3.8, 4) is 0 Å². The van der Waals surface area contributed by atoms with Gasteiger partial charge in [-0.2, -0.15) is 98.5 Å². The van der Waals surface area contributed by atoms with E-state index in [1.54, 1.807) is 27.9 Å². The van der Waals surface area contributed by atoms with Crippen LogP contribution < -0.4 is 0 Å². The van der Waals surface area contributed by atoms with Crippen molar-refractivity contribution >= 4 is 17.6 Å². The van der Waals surface area contributed by atoms with Crippen molar-refractivity contribution in [2.75, 3.05) is 0 Å². The van der Waals surface area contributed by atoms with Crippen LogP contribution in [-0.4, -0.2) is 28.7 Å². The molecule has 0 fully saturated rings. The summed E-state index contributed by atoms with van der Waals surface area (Å²) < 4.78 is 0. The molecule has 4 aromatic carbocycles. The maximum atomic E-state index is 6.94. The van der Waals surface area contributed by atoms with E-state index in [1.807, 2.05) is 163 Å². The monoisotopic (exact) mass is 1050 g/mol. The van der Waals surface area contributed by atoms with Gasteiger partial charge in [0.1, 0.15) is 0 Å². The van der Waals surface area contributed by atoms with E-state index in [2.05, 4.69) is 115 Å². The Kier molecular flexibility index (Phi) is 36.9. The van der Waals surface area contributed by atoms with Crippen molar-refractivity contribution < 1.29 is 52.4 Å². The van der Waals surface area contributed by atoms with E-state index in [-0.39, 0.29) is 63.5 Å². The number of rotatable bonds is 2. The maximum absolute atomic E-state index is 6.94. The predicted molar refractivity (Wildman–Crippen MR) is 291 cm³/mol. The second-order valence-corrected chi connectivity index (χ2v) is 26.0.